The Morgan fingerprint density at radius 1 is 1.35 bits per heavy atom. The van der Waals surface area contributed by atoms with Crippen LogP contribution < -0.4 is 5.73 Å². The van der Waals surface area contributed by atoms with E-state index in [4.69, 9.17) is 5.73 Å². The van der Waals surface area contributed by atoms with Gasteiger partial charge in [0.1, 0.15) is 10.0 Å². The lowest BCUT2D eigenvalue weighted by Crippen LogP contribution is -1.83. The number of hydrogen-bond donors (Lipinski definition) is 1. The molecule has 0 radical (unpaired) electrons. The maximum Gasteiger partial charge on any atom is 0.125 e. The molecule has 0 spiro atoms. The minimum absolute atomic E-state index is 0.755. The summed E-state index contributed by atoms with van der Waals surface area (Å²) in [5.41, 5.74) is 9.38. The van der Waals surface area contributed by atoms with Crippen molar-refractivity contribution in [3.63, 3.8) is 0 Å². The minimum atomic E-state index is 0.755. The van der Waals surface area contributed by atoms with Gasteiger partial charge in [-0.3, -0.25) is 0 Å². The van der Waals surface area contributed by atoms with Gasteiger partial charge in [-0.1, -0.05) is 11.3 Å². The van der Waals surface area contributed by atoms with Crippen LogP contribution in [0.4, 0.5) is 5.00 Å². The molecule has 0 aliphatic carbocycles. The third-order valence-corrected chi connectivity index (χ3v) is 3.83. The average molecular weight is 243 g/mol. The van der Waals surface area contributed by atoms with E-state index in [1.807, 2.05) is 0 Å². The van der Waals surface area contributed by atoms with E-state index in [9.17, 15) is 0 Å². The number of aryl methyl sites for hydroxylation is 2. The lowest BCUT2D eigenvalue weighted by Gasteiger charge is -1.99. The first-order valence-electron chi connectivity index (χ1n) is 5.42. The largest absolute Gasteiger partial charge is 0.389 e. The summed E-state index contributed by atoms with van der Waals surface area (Å²) >= 11 is 1.52. The number of anilines is 1. The number of nitrogens with zero attached hydrogens (tertiary/aromatic N) is 2. The van der Waals surface area contributed by atoms with Crippen LogP contribution in [0.3, 0.4) is 0 Å². The highest BCUT2D eigenvalue weighted by atomic mass is 32.1. The first-order chi connectivity index (χ1) is 8.15. The molecule has 0 unspecified atom stereocenters. The van der Waals surface area contributed by atoms with Crippen LogP contribution in [0.15, 0.2) is 30.6 Å². The Morgan fingerprint density at radius 3 is 2.88 bits per heavy atom. The molecular weight excluding hydrogens is 230 g/mol. The van der Waals surface area contributed by atoms with Gasteiger partial charge < -0.3 is 10.3 Å². The summed E-state index contributed by atoms with van der Waals surface area (Å²) in [5, 5.41) is 3.01. The number of nitrogen functional groups attached to an aromatic ring is 1. The van der Waals surface area contributed by atoms with Crippen molar-refractivity contribution < 1.29 is 0 Å². The molecule has 0 aliphatic rings. The van der Waals surface area contributed by atoms with E-state index < -0.39 is 0 Å². The summed E-state index contributed by atoms with van der Waals surface area (Å²) in [6.07, 6.45) is 3.85. The summed E-state index contributed by atoms with van der Waals surface area (Å²) < 4.78 is 2.14. The smallest absolute Gasteiger partial charge is 0.125 e. The molecule has 1 aromatic carbocycles. The van der Waals surface area contributed by atoms with Crippen LogP contribution in [0, 0.1) is 6.92 Å². The van der Waals surface area contributed by atoms with Crippen LogP contribution in [0.25, 0.3) is 21.5 Å². The fourth-order valence-corrected chi connectivity index (χ4v) is 2.82. The van der Waals surface area contributed by atoms with Gasteiger partial charge >= 0.3 is 0 Å². The summed E-state index contributed by atoms with van der Waals surface area (Å²) in [4.78, 5) is 4.32. The van der Waals surface area contributed by atoms with Crippen LogP contribution in [0.2, 0.25) is 0 Å². The highest BCUT2D eigenvalue weighted by molar-refractivity contribution is 7.18. The summed E-state index contributed by atoms with van der Waals surface area (Å²) in [7, 11) is 2.07. The molecule has 0 atom stereocenters. The second-order valence-corrected chi connectivity index (χ2v) is 5.28. The van der Waals surface area contributed by atoms with Gasteiger partial charge in [-0.15, -0.1) is 0 Å². The molecule has 2 N–H and O–H groups in total. The Labute approximate surface area is 104 Å². The Balaban J connectivity index is 2.22. The van der Waals surface area contributed by atoms with Crippen molar-refractivity contribution in [3.8, 4) is 10.6 Å². The maximum absolute atomic E-state index is 5.71. The zero-order valence-corrected chi connectivity index (χ0v) is 10.6. The molecule has 0 saturated carbocycles. The van der Waals surface area contributed by atoms with Gasteiger partial charge in [-0.2, -0.15) is 0 Å². The van der Waals surface area contributed by atoms with Crippen LogP contribution in [-0.2, 0) is 7.05 Å². The molecule has 2 aromatic heterocycles. The second kappa shape index (κ2) is 3.60. The number of nitrogens with two attached hydrogens (primary N) is 1. The Kier molecular flexibility index (Phi) is 2.19. The molecule has 3 rings (SSSR count). The number of fused-ring (bicyclic) bond motifs is 1. The molecule has 3 aromatic rings. The molecule has 17 heavy (non-hydrogen) atoms. The number of aromatic nitrogens is 2. The normalized spacial score (nSPS) is 11.2. The third kappa shape index (κ3) is 1.61. The van der Waals surface area contributed by atoms with Gasteiger partial charge in [0.2, 0.25) is 0 Å². The maximum atomic E-state index is 5.71. The fraction of sp³-hybridized carbons (Fsp3) is 0.154. The monoisotopic (exact) mass is 243 g/mol. The molecule has 3 nitrogen and oxygen atoms in total. The van der Waals surface area contributed by atoms with Crippen molar-refractivity contribution in [3.05, 3.63) is 36.2 Å². The second-order valence-electron chi connectivity index (χ2n) is 4.22. The zero-order valence-electron chi connectivity index (χ0n) is 9.77. The van der Waals surface area contributed by atoms with Gasteiger partial charge in [-0.05, 0) is 30.7 Å². The average Bonchev–Trinajstić information content (AvgIpc) is 2.85. The first-order valence-corrected chi connectivity index (χ1v) is 6.24. The van der Waals surface area contributed by atoms with E-state index >= 15 is 0 Å². The molecule has 2 heterocycles. The van der Waals surface area contributed by atoms with Gasteiger partial charge in [0.15, 0.2) is 0 Å². The Bertz CT molecular complexity index is 694. The topological polar surface area (TPSA) is 43.8 Å². The summed E-state index contributed by atoms with van der Waals surface area (Å²) in [6, 6.07) is 6.41. The molecule has 0 fully saturated rings. The predicted octanol–water partition coefficient (Wildman–Crippen LogP) is 3.19. The van der Waals surface area contributed by atoms with E-state index in [1.165, 1.54) is 27.8 Å². The first kappa shape index (κ1) is 10.4. The van der Waals surface area contributed by atoms with Crippen LogP contribution >= 0.6 is 11.3 Å². The van der Waals surface area contributed by atoms with Gasteiger partial charge in [0, 0.05) is 29.7 Å². The molecule has 0 aliphatic heterocycles. The number of benzene rings is 1. The highest BCUT2D eigenvalue weighted by Crippen LogP contribution is 2.30. The summed E-state index contributed by atoms with van der Waals surface area (Å²) in [6.45, 7) is 2.13. The van der Waals surface area contributed by atoms with Gasteiger partial charge in [0.05, 0.1) is 6.20 Å². The van der Waals surface area contributed by atoms with Crippen molar-refractivity contribution in [2.75, 3.05) is 5.73 Å². The highest BCUT2D eigenvalue weighted by Gasteiger charge is 2.07. The molecule has 86 valence electrons. The van der Waals surface area contributed by atoms with E-state index in [0.29, 0.717) is 0 Å². The molecule has 0 amide bonds. The van der Waals surface area contributed by atoms with Crippen LogP contribution in [0.5, 0.6) is 0 Å². The summed E-state index contributed by atoms with van der Waals surface area (Å²) in [5.74, 6) is 0. The van der Waals surface area contributed by atoms with Crippen molar-refractivity contribution in [1.82, 2.24) is 9.55 Å². The quantitative estimate of drug-likeness (QED) is 0.713. The van der Waals surface area contributed by atoms with E-state index in [2.05, 4.69) is 47.9 Å². The molecule has 0 saturated heterocycles. The zero-order chi connectivity index (χ0) is 12.0. The third-order valence-electron chi connectivity index (χ3n) is 2.96. The number of rotatable bonds is 1. The van der Waals surface area contributed by atoms with Gasteiger partial charge in [-0.25, -0.2) is 4.98 Å². The van der Waals surface area contributed by atoms with E-state index in [1.54, 1.807) is 6.20 Å². The standard InChI is InChI=1S/C13H13N3S/c1-8-7-16(2)11-4-3-9(5-10(8)11)13-15-6-12(14)17-13/h3-7H,14H2,1-2H3. The number of hydrogen-bond acceptors (Lipinski definition) is 3. The minimum Gasteiger partial charge on any atom is -0.389 e. The van der Waals surface area contributed by atoms with E-state index in [-0.39, 0.29) is 0 Å². The molecule has 4 heteroatoms. The van der Waals surface area contributed by atoms with E-state index in [0.717, 1.165) is 15.6 Å². The van der Waals surface area contributed by atoms with Crippen molar-refractivity contribution in [2.45, 2.75) is 6.92 Å². The van der Waals surface area contributed by atoms with Crippen molar-refractivity contribution in [2.24, 2.45) is 7.05 Å². The van der Waals surface area contributed by atoms with Crippen molar-refractivity contribution in [1.29, 1.82) is 0 Å². The Hall–Kier alpha value is -1.81. The Morgan fingerprint density at radius 2 is 2.18 bits per heavy atom. The number of thiazole rings is 1. The lowest BCUT2D eigenvalue weighted by atomic mass is 10.1. The SMILES string of the molecule is Cc1cn(C)c2ccc(-c3ncc(N)s3)cc12. The lowest BCUT2D eigenvalue weighted by molar-refractivity contribution is 0.964. The predicted molar refractivity (Wildman–Crippen MR) is 73.2 cm³/mol. The van der Waals surface area contributed by atoms with Crippen LogP contribution in [0.1, 0.15) is 5.56 Å². The fourth-order valence-electron chi connectivity index (χ4n) is 2.14. The molecule has 0 bridgehead atoms. The van der Waals surface area contributed by atoms with Crippen LogP contribution in [-0.4, -0.2) is 9.55 Å². The van der Waals surface area contributed by atoms with Crippen molar-refractivity contribution >= 4 is 27.2 Å². The molecular formula is C13H13N3S. The van der Waals surface area contributed by atoms with Gasteiger partial charge in [0.25, 0.3) is 0 Å².